The fraction of sp³-hybridized carbons (Fsp3) is 0.647. The molecule has 0 saturated heterocycles. The smallest absolute Gasteiger partial charge is 0.123 e. The Bertz CT molecular complexity index is 385. The molecule has 106 valence electrons. The Morgan fingerprint density at radius 2 is 1.89 bits per heavy atom. The fourth-order valence-electron chi connectivity index (χ4n) is 3.43. The summed E-state index contributed by atoms with van der Waals surface area (Å²) in [6.07, 6.45) is 4.96. The summed E-state index contributed by atoms with van der Waals surface area (Å²) in [5.74, 6) is 2.15. The van der Waals surface area contributed by atoms with E-state index >= 15 is 0 Å². The molecule has 2 rings (SSSR count). The highest BCUT2D eigenvalue weighted by molar-refractivity contribution is 5.17. The van der Waals surface area contributed by atoms with Gasteiger partial charge in [-0.1, -0.05) is 26.0 Å². The number of nitrogens with one attached hydrogen (secondary N) is 1. The highest BCUT2D eigenvalue weighted by Crippen LogP contribution is 2.35. The molecular weight excluding hydrogens is 237 g/mol. The van der Waals surface area contributed by atoms with E-state index in [9.17, 15) is 4.39 Å². The maximum atomic E-state index is 13.0. The van der Waals surface area contributed by atoms with E-state index in [-0.39, 0.29) is 5.82 Å². The van der Waals surface area contributed by atoms with Crippen LogP contribution in [-0.2, 0) is 6.42 Å². The summed E-state index contributed by atoms with van der Waals surface area (Å²) in [6, 6.07) is 7.63. The van der Waals surface area contributed by atoms with E-state index in [1.54, 1.807) is 12.1 Å². The lowest BCUT2D eigenvalue weighted by molar-refractivity contribution is 0.173. The number of halogens is 1. The van der Waals surface area contributed by atoms with E-state index in [1.165, 1.54) is 24.8 Å². The van der Waals surface area contributed by atoms with Crippen molar-refractivity contribution in [1.29, 1.82) is 0 Å². The van der Waals surface area contributed by atoms with Crippen molar-refractivity contribution in [2.24, 2.45) is 17.8 Å². The third kappa shape index (κ3) is 3.79. The van der Waals surface area contributed by atoms with Crippen LogP contribution in [0.15, 0.2) is 24.3 Å². The van der Waals surface area contributed by atoms with Crippen LogP contribution in [0.2, 0.25) is 0 Å². The zero-order chi connectivity index (χ0) is 13.8. The van der Waals surface area contributed by atoms with Gasteiger partial charge in [-0.25, -0.2) is 4.39 Å². The van der Waals surface area contributed by atoms with Gasteiger partial charge in [0, 0.05) is 6.04 Å². The second-order valence-electron chi connectivity index (χ2n) is 6.30. The first-order chi connectivity index (χ1) is 9.10. The summed E-state index contributed by atoms with van der Waals surface area (Å²) in [4.78, 5) is 0. The van der Waals surface area contributed by atoms with Crippen molar-refractivity contribution in [1.82, 2.24) is 5.32 Å². The van der Waals surface area contributed by atoms with E-state index in [2.05, 4.69) is 26.2 Å². The molecule has 2 heteroatoms. The highest BCUT2D eigenvalue weighted by atomic mass is 19.1. The molecule has 0 radical (unpaired) electrons. The van der Waals surface area contributed by atoms with Crippen LogP contribution in [0.5, 0.6) is 0 Å². The van der Waals surface area contributed by atoms with Gasteiger partial charge < -0.3 is 5.32 Å². The van der Waals surface area contributed by atoms with E-state index in [0.29, 0.717) is 12.0 Å². The quantitative estimate of drug-likeness (QED) is 0.865. The van der Waals surface area contributed by atoms with Gasteiger partial charge in [-0.2, -0.15) is 0 Å². The summed E-state index contributed by atoms with van der Waals surface area (Å²) in [7, 11) is 2.07. The lowest BCUT2D eigenvalue weighted by atomic mass is 9.72. The minimum atomic E-state index is -0.141. The lowest BCUT2D eigenvalue weighted by Gasteiger charge is -2.38. The molecule has 1 aromatic carbocycles. The number of hydrogen-bond acceptors (Lipinski definition) is 1. The number of benzene rings is 1. The monoisotopic (exact) mass is 263 g/mol. The van der Waals surface area contributed by atoms with Crippen LogP contribution in [0.25, 0.3) is 0 Å². The van der Waals surface area contributed by atoms with Crippen LogP contribution in [0.3, 0.4) is 0 Å². The molecule has 0 amide bonds. The van der Waals surface area contributed by atoms with Crippen molar-refractivity contribution in [2.45, 2.75) is 45.6 Å². The topological polar surface area (TPSA) is 12.0 Å². The fourth-order valence-corrected chi connectivity index (χ4v) is 3.43. The van der Waals surface area contributed by atoms with Crippen molar-refractivity contribution >= 4 is 0 Å². The maximum Gasteiger partial charge on any atom is 0.123 e. The van der Waals surface area contributed by atoms with Crippen LogP contribution in [-0.4, -0.2) is 13.1 Å². The second-order valence-corrected chi connectivity index (χ2v) is 6.30. The average molecular weight is 263 g/mol. The molecular formula is C17H26FN. The predicted molar refractivity (Wildman–Crippen MR) is 78.6 cm³/mol. The first kappa shape index (κ1) is 14.5. The summed E-state index contributed by atoms with van der Waals surface area (Å²) in [5, 5.41) is 3.47. The third-order valence-electron chi connectivity index (χ3n) is 4.75. The number of hydrogen-bond donors (Lipinski definition) is 1. The summed E-state index contributed by atoms with van der Waals surface area (Å²) in [5.41, 5.74) is 1.26. The summed E-state index contributed by atoms with van der Waals surface area (Å²) in [6.45, 7) is 4.67. The molecule has 19 heavy (non-hydrogen) atoms. The molecule has 1 nitrogen and oxygen atoms in total. The molecule has 1 saturated carbocycles. The zero-order valence-electron chi connectivity index (χ0n) is 12.3. The van der Waals surface area contributed by atoms with E-state index in [1.807, 2.05) is 12.1 Å². The predicted octanol–water partition coefficient (Wildman–Crippen LogP) is 4.03. The summed E-state index contributed by atoms with van der Waals surface area (Å²) < 4.78 is 13.0. The van der Waals surface area contributed by atoms with Gasteiger partial charge in [0.25, 0.3) is 0 Å². The Morgan fingerprint density at radius 1 is 1.21 bits per heavy atom. The number of rotatable bonds is 4. The van der Waals surface area contributed by atoms with Gasteiger partial charge in [-0.15, -0.1) is 0 Å². The molecule has 3 atom stereocenters. The van der Waals surface area contributed by atoms with Crippen LogP contribution in [0, 0.1) is 23.6 Å². The van der Waals surface area contributed by atoms with E-state index < -0.39 is 0 Å². The van der Waals surface area contributed by atoms with Crippen LogP contribution < -0.4 is 5.32 Å². The Hall–Kier alpha value is -0.890. The zero-order valence-corrected chi connectivity index (χ0v) is 12.3. The van der Waals surface area contributed by atoms with Crippen molar-refractivity contribution in [2.75, 3.05) is 7.05 Å². The molecule has 0 spiro atoms. The standard InChI is InChI=1S/C17H26FN/c1-12(2)14-6-9-17(19-3)15(11-14)10-13-4-7-16(18)8-5-13/h4-5,7-8,12,14-15,17,19H,6,9-11H2,1-3H3. The Kier molecular flexibility index (Phi) is 4.98. The Labute approximate surface area is 116 Å². The second kappa shape index (κ2) is 6.51. The van der Waals surface area contributed by atoms with Crippen LogP contribution in [0.1, 0.15) is 38.7 Å². The van der Waals surface area contributed by atoms with Crippen molar-refractivity contribution in [3.8, 4) is 0 Å². The Balaban J connectivity index is 2.03. The minimum Gasteiger partial charge on any atom is -0.317 e. The molecule has 0 bridgehead atoms. The van der Waals surface area contributed by atoms with Gasteiger partial charge in [-0.05, 0) is 68.2 Å². The first-order valence-electron chi connectivity index (χ1n) is 7.52. The Morgan fingerprint density at radius 3 is 2.47 bits per heavy atom. The van der Waals surface area contributed by atoms with Gasteiger partial charge in [-0.3, -0.25) is 0 Å². The molecule has 1 aromatic rings. The normalized spacial score (nSPS) is 27.7. The average Bonchev–Trinajstić information content (AvgIpc) is 2.41. The van der Waals surface area contributed by atoms with Gasteiger partial charge >= 0.3 is 0 Å². The first-order valence-corrected chi connectivity index (χ1v) is 7.52. The maximum absolute atomic E-state index is 13.0. The van der Waals surface area contributed by atoms with Gasteiger partial charge in [0.2, 0.25) is 0 Å². The van der Waals surface area contributed by atoms with Crippen molar-refractivity contribution < 1.29 is 4.39 Å². The third-order valence-corrected chi connectivity index (χ3v) is 4.75. The minimum absolute atomic E-state index is 0.141. The van der Waals surface area contributed by atoms with Gasteiger partial charge in [0.1, 0.15) is 5.82 Å². The highest BCUT2D eigenvalue weighted by Gasteiger charge is 2.30. The molecule has 0 aliphatic heterocycles. The van der Waals surface area contributed by atoms with E-state index in [0.717, 1.165) is 18.3 Å². The van der Waals surface area contributed by atoms with Crippen molar-refractivity contribution in [3.05, 3.63) is 35.6 Å². The van der Waals surface area contributed by atoms with Crippen molar-refractivity contribution in [3.63, 3.8) is 0 Å². The molecule has 3 unspecified atom stereocenters. The van der Waals surface area contributed by atoms with Crippen LogP contribution >= 0.6 is 0 Å². The molecule has 1 aliphatic rings. The van der Waals surface area contributed by atoms with Crippen LogP contribution in [0.4, 0.5) is 4.39 Å². The van der Waals surface area contributed by atoms with E-state index in [4.69, 9.17) is 0 Å². The molecule has 1 aliphatic carbocycles. The molecule has 1 fully saturated rings. The molecule has 0 aromatic heterocycles. The van der Waals surface area contributed by atoms with Gasteiger partial charge in [0.15, 0.2) is 0 Å². The van der Waals surface area contributed by atoms with Gasteiger partial charge in [0.05, 0.1) is 0 Å². The summed E-state index contributed by atoms with van der Waals surface area (Å²) >= 11 is 0. The SMILES string of the molecule is CNC1CCC(C(C)C)CC1Cc1ccc(F)cc1. The molecule has 0 heterocycles. The largest absolute Gasteiger partial charge is 0.317 e. The molecule has 1 N–H and O–H groups in total. The lowest BCUT2D eigenvalue weighted by Crippen LogP contribution is -2.40.